The van der Waals surface area contributed by atoms with Crippen molar-refractivity contribution in [3.05, 3.63) is 48.6 Å². The Bertz CT molecular complexity index is 1430. The fourth-order valence-electron chi connectivity index (χ4n) is 8.02. The Kier molecular flexibility index (Phi) is 29.4. The van der Waals surface area contributed by atoms with Gasteiger partial charge in [-0.1, -0.05) is 107 Å². The van der Waals surface area contributed by atoms with Crippen LogP contribution in [0.25, 0.3) is 0 Å². The molecule has 0 aromatic heterocycles. The average molecular weight is 962 g/mol. The SMILES string of the molecule is CC/C=C\C/C=C\C/C=C\CCCCCCCC(=O)NC(COC1OC(CO)C(OC2OC(CO)C(OC3OC(CO)C(O)C(O)C3O)C(O)C2O)C(O)C1O)C(O)/C=C/CCCCCCC. The monoisotopic (exact) mass is 962 g/mol. The van der Waals surface area contributed by atoms with Crippen LogP contribution >= 0.6 is 0 Å². The maximum atomic E-state index is 13.1. The Morgan fingerprint density at radius 1 is 0.552 bits per heavy atom. The summed E-state index contributed by atoms with van der Waals surface area (Å²) in [6, 6.07) is -0.978. The van der Waals surface area contributed by atoms with Crippen molar-refractivity contribution < 1.29 is 89.4 Å². The van der Waals surface area contributed by atoms with E-state index >= 15 is 0 Å². The minimum absolute atomic E-state index is 0.221. The van der Waals surface area contributed by atoms with E-state index in [-0.39, 0.29) is 18.9 Å². The molecule has 3 aliphatic heterocycles. The minimum Gasteiger partial charge on any atom is -0.394 e. The Labute approximate surface area is 395 Å². The quantitative estimate of drug-likeness (QED) is 0.0328. The first-order valence-corrected chi connectivity index (χ1v) is 24.4. The molecule has 0 bridgehead atoms. The van der Waals surface area contributed by atoms with Crippen LogP contribution < -0.4 is 5.32 Å². The molecule has 0 aliphatic carbocycles. The van der Waals surface area contributed by atoms with Crippen molar-refractivity contribution >= 4 is 5.91 Å². The van der Waals surface area contributed by atoms with Gasteiger partial charge in [0.25, 0.3) is 0 Å². The predicted molar refractivity (Wildman–Crippen MR) is 245 cm³/mol. The van der Waals surface area contributed by atoms with Gasteiger partial charge in [0, 0.05) is 6.42 Å². The molecule has 12 N–H and O–H groups in total. The van der Waals surface area contributed by atoms with Crippen LogP contribution in [0.2, 0.25) is 0 Å². The summed E-state index contributed by atoms with van der Waals surface area (Å²) in [5.41, 5.74) is 0. The number of hydrogen-bond donors (Lipinski definition) is 12. The van der Waals surface area contributed by atoms with E-state index in [0.29, 0.717) is 6.42 Å². The molecule has 0 radical (unpaired) electrons. The smallest absolute Gasteiger partial charge is 0.220 e. The van der Waals surface area contributed by atoms with E-state index in [1.807, 2.05) is 6.08 Å². The first kappa shape index (κ1) is 59.1. The van der Waals surface area contributed by atoms with Crippen molar-refractivity contribution in [3.63, 3.8) is 0 Å². The maximum absolute atomic E-state index is 13.1. The lowest BCUT2D eigenvalue weighted by Crippen LogP contribution is -2.66. The normalized spacial score (nSPS) is 33.9. The van der Waals surface area contributed by atoms with E-state index in [9.17, 15) is 61.0 Å². The molecule has 3 saturated heterocycles. The van der Waals surface area contributed by atoms with E-state index in [1.54, 1.807) is 6.08 Å². The van der Waals surface area contributed by atoms with Gasteiger partial charge in [0.05, 0.1) is 38.6 Å². The van der Waals surface area contributed by atoms with Crippen molar-refractivity contribution in [2.45, 2.75) is 221 Å². The van der Waals surface area contributed by atoms with Crippen molar-refractivity contribution in [1.29, 1.82) is 0 Å². The number of carbonyl (C=O) groups excluding carboxylic acids is 1. The Morgan fingerprint density at radius 3 is 1.61 bits per heavy atom. The van der Waals surface area contributed by atoms with Gasteiger partial charge in [-0.05, 0) is 51.4 Å². The molecule has 19 nitrogen and oxygen atoms in total. The molecule has 388 valence electrons. The van der Waals surface area contributed by atoms with Crippen LogP contribution in [0.1, 0.15) is 117 Å². The topological polar surface area (TPSA) is 307 Å². The zero-order chi connectivity index (χ0) is 49.1. The van der Waals surface area contributed by atoms with Crippen LogP contribution in [0.3, 0.4) is 0 Å². The van der Waals surface area contributed by atoms with Crippen LogP contribution in [0.5, 0.6) is 0 Å². The highest BCUT2D eigenvalue weighted by atomic mass is 16.8. The van der Waals surface area contributed by atoms with Crippen LogP contribution in [0.4, 0.5) is 0 Å². The van der Waals surface area contributed by atoms with Gasteiger partial charge in [-0.2, -0.15) is 0 Å². The Morgan fingerprint density at radius 2 is 1.03 bits per heavy atom. The van der Waals surface area contributed by atoms with Crippen LogP contribution in [-0.4, -0.2) is 193 Å². The number of nitrogens with one attached hydrogen (secondary N) is 1. The zero-order valence-electron chi connectivity index (χ0n) is 39.4. The molecule has 0 spiro atoms. The molecule has 0 saturated carbocycles. The summed E-state index contributed by atoms with van der Waals surface area (Å²) in [5.74, 6) is -0.302. The third-order valence-corrected chi connectivity index (χ3v) is 12.1. The van der Waals surface area contributed by atoms with Gasteiger partial charge in [-0.3, -0.25) is 4.79 Å². The molecule has 0 aromatic carbocycles. The minimum atomic E-state index is -1.98. The highest BCUT2D eigenvalue weighted by Gasteiger charge is 2.53. The molecule has 3 rings (SSSR count). The van der Waals surface area contributed by atoms with Gasteiger partial charge in [-0.15, -0.1) is 0 Å². The number of rotatable bonds is 32. The van der Waals surface area contributed by atoms with Gasteiger partial charge >= 0.3 is 0 Å². The highest BCUT2D eigenvalue weighted by molar-refractivity contribution is 5.76. The summed E-state index contributed by atoms with van der Waals surface area (Å²) in [7, 11) is 0. The van der Waals surface area contributed by atoms with E-state index in [2.05, 4.69) is 55.6 Å². The molecule has 3 aliphatic rings. The second-order valence-electron chi connectivity index (χ2n) is 17.5. The Balaban J connectivity index is 1.55. The lowest BCUT2D eigenvalue weighted by atomic mass is 9.96. The average Bonchev–Trinajstić information content (AvgIpc) is 3.32. The summed E-state index contributed by atoms with van der Waals surface area (Å²) in [5, 5.41) is 119. The molecular formula is C48H83NO18. The number of ether oxygens (including phenoxy) is 6. The molecule has 3 fully saturated rings. The van der Waals surface area contributed by atoms with Crippen molar-refractivity contribution in [2.75, 3.05) is 26.4 Å². The standard InChI is InChI=1S/C48H83NO18/c1-3-5-7-9-11-12-13-14-15-16-17-18-20-22-24-26-36(54)49-31(32(53)25-23-21-19-10-8-6-4-2)30-62-46-42(60)39(57)44(34(28-51)64-46)67-48-43(61)40(58)45(35(29-52)65-48)66-47-41(59)38(56)37(55)33(27-50)63-47/h5,7,11-12,14-15,23,25,31-35,37-48,50-53,55-61H,3-4,6,8-10,13,16-22,24,26-30H2,1-2H3,(H,49,54)/b7-5-,12-11-,15-14-,25-23+. The van der Waals surface area contributed by atoms with Gasteiger partial charge in [-0.25, -0.2) is 0 Å². The van der Waals surface area contributed by atoms with Crippen molar-refractivity contribution in [3.8, 4) is 0 Å². The zero-order valence-corrected chi connectivity index (χ0v) is 39.4. The number of hydrogen-bond acceptors (Lipinski definition) is 18. The maximum Gasteiger partial charge on any atom is 0.220 e. The van der Waals surface area contributed by atoms with Gasteiger partial charge < -0.3 is 89.9 Å². The number of allylic oxidation sites excluding steroid dienone is 7. The van der Waals surface area contributed by atoms with Gasteiger partial charge in [0.15, 0.2) is 18.9 Å². The van der Waals surface area contributed by atoms with E-state index in [1.165, 1.54) is 0 Å². The highest BCUT2D eigenvalue weighted by Crippen LogP contribution is 2.33. The summed E-state index contributed by atoms with van der Waals surface area (Å²) in [4.78, 5) is 13.1. The van der Waals surface area contributed by atoms with Crippen molar-refractivity contribution in [2.24, 2.45) is 0 Å². The molecular weight excluding hydrogens is 879 g/mol. The van der Waals surface area contributed by atoms with Crippen LogP contribution in [0, 0.1) is 0 Å². The first-order chi connectivity index (χ1) is 32.3. The molecule has 1 amide bonds. The van der Waals surface area contributed by atoms with Crippen molar-refractivity contribution in [1.82, 2.24) is 5.32 Å². The third kappa shape index (κ3) is 19.8. The number of aliphatic hydroxyl groups is 11. The number of amides is 1. The fourth-order valence-corrected chi connectivity index (χ4v) is 8.02. The lowest BCUT2D eigenvalue weighted by molar-refractivity contribution is -0.379. The molecule has 19 heteroatoms. The summed E-state index contributed by atoms with van der Waals surface area (Å²) in [6.07, 6.45) is 4.43. The number of unbranched alkanes of at least 4 members (excludes halogenated alkanes) is 10. The van der Waals surface area contributed by atoms with Gasteiger partial charge in [0.1, 0.15) is 73.2 Å². The van der Waals surface area contributed by atoms with Gasteiger partial charge in [0.2, 0.25) is 5.91 Å². The summed E-state index contributed by atoms with van der Waals surface area (Å²) < 4.78 is 34.0. The largest absolute Gasteiger partial charge is 0.394 e. The summed E-state index contributed by atoms with van der Waals surface area (Å²) in [6.45, 7) is 1.46. The number of carbonyl (C=O) groups is 1. The fraction of sp³-hybridized carbons (Fsp3) is 0.812. The van der Waals surface area contributed by atoms with E-state index in [4.69, 9.17) is 28.4 Å². The number of aliphatic hydroxyl groups excluding tert-OH is 11. The van der Waals surface area contributed by atoms with E-state index < -0.39 is 124 Å². The third-order valence-electron chi connectivity index (χ3n) is 12.1. The first-order valence-electron chi connectivity index (χ1n) is 24.4. The molecule has 17 atom stereocenters. The Hall–Kier alpha value is -2.25. The summed E-state index contributed by atoms with van der Waals surface area (Å²) >= 11 is 0. The second-order valence-corrected chi connectivity index (χ2v) is 17.5. The lowest BCUT2D eigenvalue weighted by Gasteiger charge is -2.48. The molecule has 3 heterocycles. The van der Waals surface area contributed by atoms with Crippen LogP contribution in [0.15, 0.2) is 48.6 Å². The molecule has 0 aromatic rings. The molecule has 67 heavy (non-hydrogen) atoms. The van der Waals surface area contributed by atoms with E-state index in [0.717, 1.165) is 89.9 Å². The van der Waals surface area contributed by atoms with Crippen LogP contribution in [-0.2, 0) is 33.2 Å². The predicted octanol–water partition coefficient (Wildman–Crippen LogP) is 0.803. The second kappa shape index (κ2) is 33.4. The molecule has 17 unspecified atom stereocenters.